The van der Waals surface area contributed by atoms with E-state index in [1.54, 1.807) is 0 Å². The van der Waals surface area contributed by atoms with Gasteiger partial charge in [-0.3, -0.25) is 0 Å². The number of anilines is 1. The minimum atomic E-state index is -4.28. The Morgan fingerprint density at radius 2 is 1.86 bits per heavy atom. The number of nitrogens with one attached hydrogen (secondary N) is 1. The molecule has 1 saturated carbocycles. The average Bonchev–Trinajstić information content (AvgIpc) is 2.45. The van der Waals surface area contributed by atoms with Gasteiger partial charge in [0.1, 0.15) is 0 Å². The van der Waals surface area contributed by atoms with Gasteiger partial charge < -0.3 is 10.1 Å². The van der Waals surface area contributed by atoms with Gasteiger partial charge in [0.25, 0.3) is 0 Å². The van der Waals surface area contributed by atoms with Crippen molar-refractivity contribution in [3.8, 4) is 0 Å². The molecule has 3 atom stereocenters. The van der Waals surface area contributed by atoms with Crippen LogP contribution in [0.15, 0.2) is 24.3 Å². The van der Waals surface area contributed by atoms with Gasteiger partial charge in [-0.15, -0.1) is 0 Å². The molecule has 2 nitrogen and oxygen atoms in total. The zero-order valence-corrected chi connectivity index (χ0v) is 12.6. The minimum absolute atomic E-state index is 0.0265. The molecular formula is C16H22F3NO. The van der Waals surface area contributed by atoms with Crippen molar-refractivity contribution in [3.05, 3.63) is 29.8 Å². The minimum Gasteiger partial charge on any atom is -0.382 e. The van der Waals surface area contributed by atoms with Gasteiger partial charge in [-0.2, -0.15) is 13.2 Å². The highest BCUT2D eigenvalue weighted by atomic mass is 19.4. The molecule has 1 N–H and O–H groups in total. The van der Waals surface area contributed by atoms with Crippen LogP contribution in [0.1, 0.15) is 39.2 Å². The zero-order chi connectivity index (χ0) is 15.7. The van der Waals surface area contributed by atoms with E-state index < -0.39 is 11.7 Å². The molecule has 0 amide bonds. The molecule has 118 valence electrons. The van der Waals surface area contributed by atoms with Crippen LogP contribution in [0.25, 0.3) is 0 Å². The van der Waals surface area contributed by atoms with Crippen LogP contribution in [0.3, 0.4) is 0 Å². The van der Waals surface area contributed by atoms with E-state index in [1.807, 2.05) is 6.92 Å². The molecule has 0 aromatic heterocycles. The van der Waals surface area contributed by atoms with Crippen LogP contribution in [0, 0.1) is 5.41 Å². The Morgan fingerprint density at radius 1 is 1.24 bits per heavy atom. The molecule has 0 bridgehead atoms. The highest BCUT2D eigenvalue weighted by molar-refractivity contribution is 5.47. The summed E-state index contributed by atoms with van der Waals surface area (Å²) in [4.78, 5) is 0. The molecule has 3 unspecified atom stereocenters. The molecule has 1 aliphatic carbocycles. The van der Waals surface area contributed by atoms with Crippen LogP contribution >= 0.6 is 0 Å². The second-order valence-electron chi connectivity index (χ2n) is 5.81. The third kappa shape index (κ3) is 3.18. The zero-order valence-electron chi connectivity index (χ0n) is 12.6. The van der Waals surface area contributed by atoms with Crippen molar-refractivity contribution in [1.82, 2.24) is 0 Å². The Hall–Kier alpha value is -1.23. The van der Waals surface area contributed by atoms with Gasteiger partial charge in [0.2, 0.25) is 0 Å². The normalized spacial score (nSPS) is 29.0. The summed E-state index contributed by atoms with van der Waals surface area (Å²) in [5.74, 6) is 0. The monoisotopic (exact) mass is 301 g/mol. The fourth-order valence-electron chi connectivity index (χ4n) is 2.93. The molecule has 0 heterocycles. The first-order chi connectivity index (χ1) is 9.81. The maximum atomic E-state index is 12.5. The molecule has 0 aliphatic heterocycles. The van der Waals surface area contributed by atoms with Crippen molar-refractivity contribution in [1.29, 1.82) is 0 Å². The Bertz CT molecular complexity index is 471. The smallest absolute Gasteiger partial charge is 0.382 e. The summed E-state index contributed by atoms with van der Waals surface area (Å²) >= 11 is 0. The molecule has 1 fully saturated rings. The van der Waals surface area contributed by atoms with E-state index in [9.17, 15) is 13.2 Å². The summed E-state index contributed by atoms with van der Waals surface area (Å²) in [6.45, 7) is 6.95. The number of hydrogen-bond acceptors (Lipinski definition) is 2. The van der Waals surface area contributed by atoms with Gasteiger partial charge >= 0.3 is 6.18 Å². The molecule has 2 rings (SSSR count). The number of rotatable bonds is 5. The van der Waals surface area contributed by atoms with Gasteiger partial charge in [0, 0.05) is 23.8 Å². The number of hydrogen-bond donors (Lipinski definition) is 1. The lowest BCUT2D eigenvalue weighted by Crippen LogP contribution is -2.59. The second kappa shape index (κ2) is 5.87. The summed E-state index contributed by atoms with van der Waals surface area (Å²) in [7, 11) is 0. The van der Waals surface area contributed by atoms with E-state index in [-0.39, 0.29) is 17.6 Å². The third-order valence-corrected chi connectivity index (χ3v) is 4.66. The summed E-state index contributed by atoms with van der Waals surface area (Å²) in [6.07, 6.45) is -2.21. The summed E-state index contributed by atoms with van der Waals surface area (Å²) in [5, 5.41) is 3.34. The van der Waals surface area contributed by atoms with Gasteiger partial charge in [-0.05, 0) is 44.0 Å². The standard InChI is InChI=1S/C16H22F3NO/c1-4-15(3)13(10-14(15)21-5-2)20-12-8-6-11(7-9-12)16(17,18)19/h6-9,13-14,20H,4-5,10H2,1-3H3. The lowest BCUT2D eigenvalue weighted by molar-refractivity contribution is -0.137. The number of alkyl halides is 3. The summed E-state index contributed by atoms with van der Waals surface area (Å²) < 4.78 is 43.3. The van der Waals surface area contributed by atoms with E-state index in [0.29, 0.717) is 6.61 Å². The van der Waals surface area contributed by atoms with Gasteiger partial charge in [-0.25, -0.2) is 0 Å². The van der Waals surface area contributed by atoms with Crippen LogP contribution in [-0.4, -0.2) is 18.8 Å². The van der Waals surface area contributed by atoms with Crippen LogP contribution in [0.2, 0.25) is 0 Å². The predicted molar refractivity (Wildman–Crippen MR) is 77.3 cm³/mol. The van der Waals surface area contributed by atoms with Crippen LogP contribution < -0.4 is 5.32 Å². The molecule has 5 heteroatoms. The van der Waals surface area contributed by atoms with Crippen molar-refractivity contribution >= 4 is 5.69 Å². The van der Waals surface area contributed by atoms with Gasteiger partial charge in [0.15, 0.2) is 0 Å². The molecule has 0 radical (unpaired) electrons. The maximum absolute atomic E-state index is 12.5. The molecule has 1 aromatic rings. The van der Waals surface area contributed by atoms with Crippen molar-refractivity contribution < 1.29 is 17.9 Å². The molecule has 1 aliphatic rings. The Balaban J connectivity index is 2.03. The third-order valence-electron chi connectivity index (χ3n) is 4.66. The second-order valence-corrected chi connectivity index (χ2v) is 5.81. The first kappa shape index (κ1) is 16.1. The lowest BCUT2D eigenvalue weighted by Gasteiger charge is -2.54. The quantitative estimate of drug-likeness (QED) is 0.850. The fourth-order valence-corrected chi connectivity index (χ4v) is 2.93. The average molecular weight is 301 g/mol. The lowest BCUT2D eigenvalue weighted by atomic mass is 9.61. The van der Waals surface area contributed by atoms with Gasteiger partial charge in [-0.1, -0.05) is 13.8 Å². The highest BCUT2D eigenvalue weighted by Gasteiger charge is 2.51. The number of ether oxygens (including phenoxy) is 1. The van der Waals surface area contributed by atoms with E-state index >= 15 is 0 Å². The van der Waals surface area contributed by atoms with Crippen LogP contribution in [0.5, 0.6) is 0 Å². The number of halogens is 3. The molecular weight excluding hydrogens is 279 g/mol. The van der Waals surface area contributed by atoms with E-state index in [2.05, 4.69) is 19.2 Å². The molecule has 1 aromatic carbocycles. The number of benzene rings is 1. The molecule has 0 spiro atoms. The van der Waals surface area contributed by atoms with Crippen LogP contribution in [0.4, 0.5) is 18.9 Å². The Kier molecular flexibility index (Phi) is 4.51. The van der Waals surface area contributed by atoms with Crippen molar-refractivity contribution in [2.75, 3.05) is 11.9 Å². The van der Waals surface area contributed by atoms with Crippen molar-refractivity contribution in [2.45, 2.75) is 51.9 Å². The first-order valence-electron chi connectivity index (χ1n) is 7.36. The SMILES string of the molecule is CCOC1CC(Nc2ccc(C(F)(F)F)cc2)C1(C)CC. The van der Waals surface area contributed by atoms with E-state index in [1.165, 1.54) is 12.1 Å². The summed E-state index contributed by atoms with van der Waals surface area (Å²) in [6, 6.07) is 5.45. The Morgan fingerprint density at radius 3 is 2.33 bits per heavy atom. The van der Waals surface area contributed by atoms with E-state index in [0.717, 1.165) is 30.7 Å². The van der Waals surface area contributed by atoms with Crippen LogP contribution in [-0.2, 0) is 10.9 Å². The van der Waals surface area contributed by atoms with Crippen molar-refractivity contribution in [3.63, 3.8) is 0 Å². The first-order valence-corrected chi connectivity index (χ1v) is 7.36. The largest absolute Gasteiger partial charge is 0.416 e. The predicted octanol–water partition coefficient (Wildman–Crippen LogP) is 4.71. The van der Waals surface area contributed by atoms with E-state index in [4.69, 9.17) is 4.74 Å². The molecule has 0 saturated heterocycles. The maximum Gasteiger partial charge on any atom is 0.416 e. The fraction of sp³-hybridized carbons (Fsp3) is 0.625. The summed E-state index contributed by atoms with van der Waals surface area (Å²) in [5.41, 5.74) is 0.133. The topological polar surface area (TPSA) is 21.3 Å². The van der Waals surface area contributed by atoms with Crippen molar-refractivity contribution in [2.24, 2.45) is 5.41 Å². The Labute approximate surface area is 123 Å². The molecule has 21 heavy (non-hydrogen) atoms. The highest BCUT2D eigenvalue weighted by Crippen LogP contribution is 2.47. The van der Waals surface area contributed by atoms with Gasteiger partial charge in [0.05, 0.1) is 11.7 Å².